The molecule has 0 aliphatic carbocycles. The van der Waals surface area contributed by atoms with Crippen LogP contribution in [0.15, 0.2) is 18.2 Å². The third kappa shape index (κ3) is 4.79. The monoisotopic (exact) mass is 284 g/mol. The van der Waals surface area contributed by atoms with Crippen molar-refractivity contribution in [1.29, 1.82) is 0 Å². The Bertz CT molecular complexity index is 452. The van der Waals surface area contributed by atoms with Crippen LogP contribution in [0.25, 0.3) is 0 Å². The highest BCUT2D eigenvalue weighted by Gasteiger charge is 2.18. The lowest BCUT2D eigenvalue weighted by Crippen LogP contribution is -2.34. The van der Waals surface area contributed by atoms with E-state index in [2.05, 4.69) is 5.32 Å². The van der Waals surface area contributed by atoms with Gasteiger partial charge in [-0.25, -0.2) is 4.39 Å². The quantitative estimate of drug-likeness (QED) is 0.748. The molecule has 5 nitrogen and oxygen atoms in total. The second-order valence-corrected chi connectivity index (χ2v) is 4.62. The SMILES string of the molecule is COCCOc1ccc(F)cc1NC(=O)C(C)C(C)N. The standard InChI is InChI=1S/C14H21FN2O3/c1-9(10(2)16)14(18)17-12-8-11(15)4-5-13(12)20-7-6-19-3/h4-5,8-10H,6-7,16H2,1-3H3,(H,17,18). The summed E-state index contributed by atoms with van der Waals surface area (Å²) in [6.45, 7) is 4.17. The first kappa shape index (κ1) is 16.4. The first-order valence-corrected chi connectivity index (χ1v) is 6.43. The number of ether oxygens (including phenoxy) is 2. The molecule has 3 N–H and O–H groups in total. The fourth-order valence-electron chi connectivity index (χ4n) is 1.45. The number of amides is 1. The van der Waals surface area contributed by atoms with E-state index in [4.69, 9.17) is 15.2 Å². The van der Waals surface area contributed by atoms with Crippen molar-refractivity contribution in [2.24, 2.45) is 11.7 Å². The predicted octanol–water partition coefficient (Wildman–Crippen LogP) is 1.77. The summed E-state index contributed by atoms with van der Waals surface area (Å²) in [6, 6.07) is 3.67. The van der Waals surface area contributed by atoms with E-state index in [0.717, 1.165) is 0 Å². The molecular weight excluding hydrogens is 263 g/mol. The number of hydrogen-bond acceptors (Lipinski definition) is 4. The fourth-order valence-corrected chi connectivity index (χ4v) is 1.45. The van der Waals surface area contributed by atoms with E-state index in [1.807, 2.05) is 0 Å². The molecule has 2 atom stereocenters. The molecule has 1 aromatic rings. The first-order valence-electron chi connectivity index (χ1n) is 6.43. The number of anilines is 1. The second-order valence-electron chi connectivity index (χ2n) is 4.62. The zero-order valence-electron chi connectivity index (χ0n) is 12.0. The first-order chi connectivity index (χ1) is 9.45. The van der Waals surface area contributed by atoms with Gasteiger partial charge in [0, 0.05) is 19.2 Å². The Morgan fingerprint density at radius 2 is 2.10 bits per heavy atom. The van der Waals surface area contributed by atoms with Crippen molar-refractivity contribution >= 4 is 11.6 Å². The summed E-state index contributed by atoms with van der Waals surface area (Å²) >= 11 is 0. The highest BCUT2D eigenvalue weighted by atomic mass is 19.1. The van der Waals surface area contributed by atoms with Gasteiger partial charge in [-0.1, -0.05) is 6.92 Å². The van der Waals surface area contributed by atoms with Crippen LogP contribution in [0.4, 0.5) is 10.1 Å². The molecule has 112 valence electrons. The van der Waals surface area contributed by atoms with Gasteiger partial charge in [0.1, 0.15) is 18.2 Å². The Hall–Kier alpha value is -1.66. The van der Waals surface area contributed by atoms with Gasteiger partial charge in [-0.15, -0.1) is 0 Å². The zero-order valence-corrected chi connectivity index (χ0v) is 12.0. The predicted molar refractivity (Wildman–Crippen MR) is 75.2 cm³/mol. The molecule has 0 aromatic heterocycles. The maximum absolute atomic E-state index is 13.3. The number of hydrogen-bond donors (Lipinski definition) is 2. The number of carbonyl (C=O) groups is 1. The minimum Gasteiger partial charge on any atom is -0.489 e. The van der Waals surface area contributed by atoms with Gasteiger partial charge in [0.15, 0.2) is 0 Å². The van der Waals surface area contributed by atoms with Crippen LogP contribution in [-0.2, 0) is 9.53 Å². The van der Waals surface area contributed by atoms with E-state index in [0.29, 0.717) is 24.7 Å². The number of halogens is 1. The molecule has 1 amide bonds. The van der Waals surface area contributed by atoms with Crippen molar-refractivity contribution in [1.82, 2.24) is 0 Å². The van der Waals surface area contributed by atoms with Crippen molar-refractivity contribution in [3.63, 3.8) is 0 Å². The maximum atomic E-state index is 13.3. The van der Waals surface area contributed by atoms with Gasteiger partial charge >= 0.3 is 0 Å². The second kappa shape index (κ2) is 7.81. The summed E-state index contributed by atoms with van der Waals surface area (Å²) in [6.07, 6.45) is 0. The van der Waals surface area contributed by atoms with Crippen molar-refractivity contribution in [2.45, 2.75) is 19.9 Å². The van der Waals surface area contributed by atoms with Crippen LogP contribution in [0.1, 0.15) is 13.8 Å². The van der Waals surface area contributed by atoms with Crippen molar-refractivity contribution in [3.05, 3.63) is 24.0 Å². The number of nitrogens with two attached hydrogens (primary N) is 1. The van der Waals surface area contributed by atoms with Gasteiger partial charge in [0.05, 0.1) is 18.2 Å². The average Bonchev–Trinajstić information content (AvgIpc) is 2.40. The number of carbonyl (C=O) groups excluding carboxylic acids is 1. The van der Waals surface area contributed by atoms with E-state index >= 15 is 0 Å². The summed E-state index contributed by atoms with van der Waals surface area (Å²) in [5, 5.41) is 2.63. The smallest absolute Gasteiger partial charge is 0.228 e. The van der Waals surface area contributed by atoms with Crippen molar-refractivity contribution < 1.29 is 18.7 Å². The fraction of sp³-hybridized carbons (Fsp3) is 0.500. The van der Waals surface area contributed by atoms with Gasteiger partial charge in [0.25, 0.3) is 0 Å². The van der Waals surface area contributed by atoms with Crippen LogP contribution < -0.4 is 15.8 Å². The third-order valence-electron chi connectivity index (χ3n) is 2.95. The van der Waals surface area contributed by atoms with Crippen molar-refractivity contribution in [2.75, 3.05) is 25.6 Å². The molecule has 20 heavy (non-hydrogen) atoms. The maximum Gasteiger partial charge on any atom is 0.228 e. The summed E-state index contributed by atoms with van der Waals surface area (Å²) < 4.78 is 23.6. The molecule has 0 radical (unpaired) electrons. The summed E-state index contributed by atoms with van der Waals surface area (Å²) in [4.78, 5) is 12.0. The van der Waals surface area contributed by atoms with Crippen LogP contribution in [0, 0.1) is 11.7 Å². The molecule has 0 aliphatic heterocycles. The minimum atomic E-state index is -0.451. The largest absolute Gasteiger partial charge is 0.489 e. The van der Waals surface area contributed by atoms with Crippen LogP contribution in [0.5, 0.6) is 5.75 Å². The van der Waals surface area contributed by atoms with Gasteiger partial charge in [-0.2, -0.15) is 0 Å². The Morgan fingerprint density at radius 3 is 2.70 bits per heavy atom. The van der Waals surface area contributed by atoms with E-state index in [1.54, 1.807) is 21.0 Å². The molecule has 0 aliphatic rings. The Balaban J connectivity index is 2.81. The van der Waals surface area contributed by atoms with E-state index in [9.17, 15) is 9.18 Å². The molecule has 1 rings (SSSR count). The van der Waals surface area contributed by atoms with Gasteiger partial charge < -0.3 is 20.5 Å². The topological polar surface area (TPSA) is 73.6 Å². The van der Waals surface area contributed by atoms with Gasteiger partial charge in [-0.05, 0) is 19.1 Å². The molecule has 0 spiro atoms. The number of benzene rings is 1. The van der Waals surface area contributed by atoms with E-state index < -0.39 is 5.82 Å². The Morgan fingerprint density at radius 1 is 1.40 bits per heavy atom. The third-order valence-corrected chi connectivity index (χ3v) is 2.95. The molecule has 2 unspecified atom stereocenters. The average molecular weight is 284 g/mol. The molecular formula is C14H21FN2O3. The summed E-state index contributed by atoms with van der Waals surface area (Å²) in [5.74, 6) is -0.714. The highest BCUT2D eigenvalue weighted by Crippen LogP contribution is 2.26. The molecule has 0 bridgehead atoms. The van der Waals surface area contributed by atoms with E-state index in [1.165, 1.54) is 18.2 Å². The normalized spacial score (nSPS) is 13.7. The van der Waals surface area contributed by atoms with Crippen LogP contribution in [0.3, 0.4) is 0 Å². The Labute approximate surface area is 118 Å². The number of rotatable bonds is 7. The van der Waals surface area contributed by atoms with Gasteiger partial charge in [-0.3, -0.25) is 4.79 Å². The van der Waals surface area contributed by atoms with E-state index in [-0.39, 0.29) is 17.9 Å². The number of methoxy groups -OCH3 is 1. The molecule has 0 saturated carbocycles. The van der Waals surface area contributed by atoms with Gasteiger partial charge in [0.2, 0.25) is 5.91 Å². The molecule has 0 saturated heterocycles. The highest BCUT2D eigenvalue weighted by molar-refractivity contribution is 5.94. The lowest BCUT2D eigenvalue weighted by Gasteiger charge is -2.17. The number of nitrogens with one attached hydrogen (secondary N) is 1. The molecule has 6 heteroatoms. The molecule has 1 aromatic carbocycles. The van der Waals surface area contributed by atoms with Crippen molar-refractivity contribution in [3.8, 4) is 5.75 Å². The van der Waals surface area contributed by atoms with Crippen LogP contribution in [0.2, 0.25) is 0 Å². The summed E-state index contributed by atoms with van der Waals surface area (Å²) in [5.41, 5.74) is 5.96. The van der Waals surface area contributed by atoms with Crippen LogP contribution >= 0.6 is 0 Å². The lowest BCUT2D eigenvalue weighted by atomic mass is 10.0. The summed E-state index contributed by atoms with van der Waals surface area (Å²) in [7, 11) is 1.56. The zero-order chi connectivity index (χ0) is 15.1. The van der Waals surface area contributed by atoms with Crippen LogP contribution in [-0.4, -0.2) is 32.3 Å². The molecule has 0 fully saturated rings. The lowest BCUT2D eigenvalue weighted by molar-refractivity contribution is -0.119. The molecule has 0 heterocycles. The minimum absolute atomic E-state index is 0.276. The Kier molecular flexibility index (Phi) is 6.41.